The van der Waals surface area contributed by atoms with E-state index >= 15 is 0 Å². The van der Waals surface area contributed by atoms with E-state index in [1.165, 1.54) is 18.2 Å². The Bertz CT molecular complexity index is 638. The van der Waals surface area contributed by atoms with Crippen LogP contribution in [0.4, 0.5) is 8.78 Å². The Morgan fingerprint density at radius 2 is 1.81 bits per heavy atom. The van der Waals surface area contributed by atoms with Gasteiger partial charge in [0.25, 0.3) is 0 Å². The lowest BCUT2D eigenvalue weighted by Gasteiger charge is -2.16. The van der Waals surface area contributed by atoms with Crippen LogP contribution in [0.3, 0.4) is 0 Å². The average Bonchev–Trinajstić information content (AvgIpc) is 2.45. The standard InChI is InChI=1S/C16H16F2N2O/c1-10(15-13(17)6-3-7-14(15)18)20-9-11-4-2-5-12(8-11)16(19)21/h2-8,10,20H,9H2,1H3,(H2,19,21). The van der Waals surface area contributed by atoms with E-state index < -0.39 is 23.6 Å². The van der Waals surface area contributed by atoms with Crippen LogP contribution in [-0.2, 0) is 6.54 Å². The quantitative estimate of drug-likeness (QED) is 0.889. The fourth-order valence-electron chi connectivity index (χ4n) is 2.13. The van der Waals surface area contributed by atoms with E-state index in [-0.39, 0.29) is 5.56 Å². The van der Waals surface area contributed by atoms with Crippen molar-refractivity contribution in [3.05, 3.63) is 70.8 Å². The third kappa shape index (κ3) is 3.64. The number of nitrogens with one attached hydrogen (secondary N) is 1. The topological polar surface area (TPSA) is 55.1 Å². The van der Waals surface area contributed by atoms with Crippen molar-refractivity contribution in [3.8, 4) is 0 Å². The molecule has 0 aliphatic heterocycles. The molecule has 5 heteroatoms. The average molecular weight is 290 g/mol. The molecule has 0 radical (unpaired) electrons. The Kier molecular flexibility index (Phi) is 4.65. The van der Waals surface area contributed by atoms with E-state index in [9.17, 15) is 13.6 Å². The zero-order chi connectivity index (χ0) is 15.4. The van der Waals surface area contributed by atoms with Gasteiger partial charge in [-0.1, -0.05) is 18.2 Å². The second-order valence-corrected chi connectivity index (χ2v) is 4.80. The minimum Gasteiger partial charge on any atom is -0.366 e. The first kappa shape index (κ1) is 15.1. The van der Waals surface area contributed by atoms with E-state index in [4.69, 9.17) is 5.73 Å². The summed E-state index contributed by atoms with van der Waals surface area (Å²) in [5, 5.41) is 3.03. The summed E-state index contributed by atoms with van der Waals surface area (Å²) < 4.78 is 27.3. The van der Waals surface area contributed by atoms with Crippen LogP contribution < -0.4 is 11.1 Å². The Hall–Kier alpha value is -2.27. The minimum atomic E-state index is -0.583. The SMILES string of the molecule is CC(NCc1cccc(C(N)=O)c1)c1c(F)cccc1F. The van der Waals surface area contributed by atoms with Crippen LogP contribution in [0.2, 0.25) is 0 Å². The van der Waals surface area contributed by atoms with Gasteiger partial charge in [-0.05, 0) is 36.8 Å². The molecule has 0 fully saturated rings. The second-order valence-electron chi connectivity index (χ2n) is 4.80. The Morgan fingerprint density at radius 3 is 2.43 bits per heavy atom. The first-order chi connectivity index (χ1) is 9.99. The normalized spacial score (nSPS) is 12.1. The summed E-state index contributed by atoms with van der Waals surface area (Å²) in [7, 11) is 0. The van der Waals surface area contributed by atoms with Crippen LogP contribution in [0.5, 0.6) is 0 Å². The molecular weight excluding hydrogens is 274 g/mol. The highest BCUT2D eigenvalue weighted by molar-refractivity contribution is 5.92. The molecule has 3 nitrogen and oxygen atoms in total. The third-order valence-electron chi connectivity index (χ3n) is 3.26. The zero-order valence-electron chi connectivity index (χ0n) is 11.6. The van der Waals surface area contributed by atoms with Gasteiger partial charge in [-0.15, -0.1) is 0 Å². The van der Waals surface area contributed by atoms with Crippen molar-refractivity contribution in [1.29, 1.82) is 0 Å². The smallest absolute Gasteiger partial charge is 0.248 e. The van der Waals surface area contributed by atoms with Gasteiger partial charge in [0.2, 0.25) is 5.91 Å². The van der Waals surface area contributed by atoms with Crippen LogP contribution in [-0.4, -0.2) is 5.91 Å². The summed E-state index contributed by atoms with van der Waals surface area (Å²) in [5.74, 6) is -1.67. The Balaban J connectivity index is 2.09. The Morgan fingerprint density at radius 1 is 1.19 bits per heavy atom. The van der Waals surface area contributed by atoms with E-state index in [1.807, 2.05) is 6.07 Å². The van der Waals surface area contributed by atoms with Crippen molar-refractivity contribution in [2.45, 2.75) is 19.5 Å². The number of hydrogen-bond donors (Lipinski definition) is 2. The molecule has 0 bridgehead atoms. The monoisotopic (exact) mass is 290 g/mol. The van der Waals surface area contributed by atoms with Crippen LogP contribution >= 0.6 is 0 Å². The fourth-order valence-corrected chi connectivity index (χ4v) is 2.13. The number of amides is 1. The molecule has 0 heterocycles. The number of carbonyl (C=O) groups is 1. The van der Waals surface area contributed by atoms with Crippen molar-refractivity contribution >= 4 is 5.91 Å². The first-order valence-electron chi connectivity index (χ1n) is 6.55. The lowest BCUT2D eigenvalue weighted by atomic mass is 10.1. The highest BCUT2D eigenvalue weighted by Gasteiger charge is 2.15. The van der Waals surface area contributed by atoms with Gasteiger partial charge in [-0.2, -0.15) is 0 Å². The number of halogens is 2. The predicted molar refractivity (Wildman–Crippen MR) is 76.6 cm³/mol. The van der Waals surface area contributed by atoms with Crippen molar-refractivity contribution in [2.75, 3.05) is 0 Å². The maximum atomic E-state index is 13.7. The second kappa shape index (κ2) is 6.45. The molecular formula is C16H16F2N2O. The molecule has 110 valence electrons. The summed E-state index contributed by atoms with van der Waals surface area (Å²) in [4.78, 5) is 11.1. The molecule has 0 aliphatic rings. The summed E-state index contributed by atoms with van der Waals surface area (Å²) in [5.41, 5.74) is 6.43. The van der Waals surface area contributed by atoms with Gasteiger partial charge in [0, 0.05) is 23.7 Å². The predicted octanol–water partition coefficient (Wildman–Crippen LogP) is 2.91. The first-order valence-corrected chi connectivity index (χ1v) is 6.55. The molecule has 0 saturated heterocycles. The molecule has 0 spiro atoms. The molecule has 1 atom stereocenters. The number of carbonyl (C=O) groups excluding carboxylic acids is 1. The van der Waals surface area contributed by atoms with Gasteiger partial charge in [0.1, 0.15) is 11.6 Å². The molecule has 0 saturated carbocycles. The lowest BCUT2D eigenvalue weighted by Crippen LogP contribution is -2.20. The summed E-state index contributed by atoms with van der Waals surface area (Å²) >= 11 is 0. The van der Waals surface area contributed by atoms with Gasteiger partial charge < -0.3 is 11.1 Å². The fraction of sp³-hybridized carbons (Fsp3) is 0.188. The van der Waals surface area contributed by atoms with Gasteiger partial charge in [0.15, 0.2) is 0 Å². The lowest BCUT2D eigenvalue weighted by molar-refractivity contribution is 0.1000. The molecule has 2 rings (SSSR count). The largest absolute Gasteiger partial charge is 0.366 e. The highest BCUT2D eigenvalue weighted by Crippen LogP contribution is 2.20. The Labute approximate surface area is 121 Å². The van der Waals surface area contributed by atoms with Gasteiger partial charge in [0.05, 0.1) is 0 Å². The molecule has 2 aromatic rings. The van der Waals surface area contributed by atoms with Gasteiger partial charge in [-0.25, -0.2) is 8.78 Å². The van der Waals surface area contributed by atoms with Crippen LogP contribution in [0.25, 0.3) is 0 Å². The summed E-state index contributed by atoms with van der Waals surface area (Å²) in [6.45, 7) is 2.05. The van der Waals surface area contributed by atoms with Crippen molar-refractivity contribution in [2.24, 2.45) is 5.73 Å². The van der Waals surface area contributed by atoms with Crippen LogP contribution in [0.15, 0.2) is 42.5 Å². The van der Waals surface area contributed by atoms with Crippen molar-refractivity contribution in [3.63, 3.8) is 0 Å². The molecule has 3 N–H and O–H groups in total. The van der Waals surface area contributed by atoms with Crippen LogP contribution in [0.1, 0.15) is 34.5 Å². The summed E-state index contributed by atoms with van der Waals surface area (Å²) in [6.07, 6.45) is 0. The molecule has 2 aromatic carbocycles. The third-order valence-corrected chi connectivity index (χ3v) is 3.26. The number of primary amides is 1. The highest BCUT2D eigenvalue weighted by atomic mass is 19.1. The minimum absolute atomic E-state index is 0.00329. The van der Waals surface area contributed by atoms with E-state index in [1.54, 1.807) is 25.1 Å². The zero-order valence-corrected chi connectivity index (χ0v) is 11.6. The van der Waals surface area contributed by atoms with Crippen molar-refractivity contribution < 1.29 is 13.6 Å². The maximum absolute atomic E-state index is 13.7. The number of hydrogen-bond acceptors (Lipinski definition) is 2. The molecule has 0 aliphatic carbocycles. The van der Waals surface area contributed by atoms with E-state index in [0.717, 1.165) is 5.56 Å². The van der Waals surface area contributed by atoms with Crippen molar-refractivity contribution in [1.82, 2.24) is 5.32 Å². The van der Waals surface area contributed by atoms with Gasteiger partial charge >= 0.3 is 0 Å². The van der Waals surface area contributed by atoms with Crippen LogP contribution in [0, 0.1) is 11.6 Å². The summed E-state index contributed by atoms with van der Waals surface area (Å²) in [6, 6.07) is 10.1. The van der Waals surface area contributed by atoms with E-state index in [0.29, 0.717) is 12.1 Å². The molecule has 0 aromatic heterocycles. The van der Waals surface area contributed by atoms with E-state index in [2.05, 4.69) is 5.32 Å². The molecule has 21 heavy (non-hydrogen) atoms. The number of benzene rings is 2. The number of nitrogens with two attached hydrogens (primary N) is 1. The maximum Gasteiger partial charge on any atom is 0.248 e. The van der Waals surface area contributed by atoms with Gasteiger partial charge in [-0.3, -0.25) is 4.79 Å². The molecule has 1 amide bonds. The number of rotatable bonds is 5. The molecule has 1 unspecified atom stereocenters.